The van der Waals surface area contributed by atoms with Gasteiger partial charge in [0.2, 0.25) is 0 Å². The normalized spacial score (nSPS) is 12.3. The lowest BCUT2D eigenvalue weighted by Gasteiger charge is -1.82. The van der Waals surface area contributed by atoms with Crippen LogP contribution >= 0.6 is 8.03 Å². The van der Waals surface area contributed by atoms with Crippen molar-refractivity contribution in [2.75, 3.05) is 6.16 Å². The topological polar surface area (TPSA) is 72.3 Å². The van der Waals surface area contributed by atoms with Crippen molar-refractivity contribution in [1.82, 2.24) is 6.15 Å². The van der Waals surface area contributed by atoms with Crippen LogP contribution in [-0.2, 0) is 4.57 Å². The van der Waals surface area contributed by atoms with E-state index in [1.165, 1.54) is 0 Å². The maximum atomic E-state index is 9.78. The molecule has 0 amide bonds. The van der Waals surface area contributed by atoms with Gasteiger partial charge in [-0.15, -0.1) is 0 Å². The number of hydrogen-bond acceptors (Lipinski definition) is 2. The molecule has 1 atom stereocenters. The van der Waals surface area contributed by atoms with Gasteiger partial charge < -0.3 is 11.0 Å². The second-order valence-electron chi connectivity index (χ2n) is 1.14. The molecule has 0 heterocycles. The molecule has 0 spiro atoms. The molecular weight excluding hydrogens is 113 g/mol. The summed E-state index contributed by atoms with van der Waals surface area (Å²) in [4.78, 5) is 8.10. The van der Waals surface area contributed by atoms with E-state index >= 15 is 0 Å². The molecule has 4 heteroatoms. The predicted molar refractivity (Wildman–Crippen MR) is 31.4 cm³/mol. The Morgan fingerprint density at radius 1 is 1.71 bits per heavy atom. The molecule has 0 aliphatic heterocycles. The fourth-order valence-electron chi connectivity index (χ4n) is 0.214. The lowest BCUT2D eigenvalue weighted by molar-refractivity contribution is 0.502. The summed E-state index contributed by atoms with van der Waals surface area (Å²) in [5, 5.41) is 0. The Morgan fingerprint density at radius 3 is 2.14 bits per heavy atom. The summed E-state index contributed by atoms with van der Waals surface area (Å²) in [6.07, 6.45) is 1.29. The maximum Gasteiger partial charge on any atom is 0.189 e. The molecule has 0 saturated carbocycles. The summed E-state index contributed by atoms with van der Waals surface area (Å²) in [5.41, 5.74) is 0. The van der Waals surface area contributed by atoms with Crippen LogP contribution in [0.15, 0.2) is 0 Å². The third-order valence-electron chi connectivity index (χ3n) is 0.464. The first-order valence-electron chi connectivity index (χ1n) is 1.99. The van der Waals surface area contributed by atoms with Gasteiger partial charge in [-0.2, -0.15) is 0 Å². The van der Waals surface area contributed by atoms with Crippen LogP contribution < -0.4 is 6.15 Å². The van der Waals surface area contributed by atoms with E-state index < -0.39 is 8.03 Å². The van der Waals surface area contributed by atoms with E-state index in [4.69, 9.17) is 4.89 Å². The van der Waals surface area contributed by atoms with Crippen molar-refractivity contribution in [2.24, 2.45) is 0 Å². The highest BCUT2D eigenvalue weighted by molar-refractivity contribution is 7.37. The molecule has 0 aromatic rings. The van der Waals surface area contributed by atoms with E-state index in [9.17, 15) is 4.57 Å². The molecule has 0 fully saturated rings. The van der Waals surface area contributed by atoms with E-state index in [-0.39, 0.29) is 6.15 Å². The zero-order valence-electron chi connectivity index (χ0n) is 4.48. The molecule has 46 valence electrons. The van der Waals surface area contributed by atoms with Crippen molar-refractivity contribution in [2.45, 2.75) is 13.3 Å². The Kier molecular flexibility index (Phi) is 8.96. The first-order valence-corrected chi connectivity index (χ1v) is 3.55. The first kappa shape index (κ1) is 10.2. The number of rotatable bonds is 2. The van der Waals surface area contributed by atoms with E-state index in [1.54, 1.807) is 0 Å². The molecule has 0 bridgehead atoms. The van der Waals surface area contributed by atoms with Crippen LogP contribution in [0.1, 0.15) is 13.3 Å². The Morgan fingerprint density at radius 2 is 2.14 bits per heavy atom. The maximum absolute atomic E-state index is 9.78. The summed E-state index contributed by atoms with van der Waals surface area (Å²) in [7, 11) is -2.14. The molecular formula is C3H12NO2P. The van der Waals surface area contributed by atoms with Crippen molar-refractivity contribution in [3.63, 3.8) is 0 Å². The van der Waals surface area contributed by atoms with E-state index in [1.807, 2.05) is 6.92 Å². The molecule has 0 aromatic carbocycles. The standard InChI is InChI=1S/C3H9O2P.H3N/c1-2-3-6(4)5;/h6H,2-3H2,1H3,(H,4,5);1H3. The summed E-state index contributed by atoms with van der Waals surface area (Å²) >= 11 is 0. The Labute approximate surface area is 44.2 Å². The third kappa shape index (κ3) is 10.7. The van der Waals surface area contributed by atoms with Crippen LogP contribution in [0.4, 0.5) is 0 Å². The van der Waals surface area contributed by atoms with Crippen LogP contribution in [0.3, 0.4) is 0 Å². The minimum absolute atomic E-state index is 0. The van der Waals surface area contributed by atoms with E-state index in [0.717, 1.165) is 6.42 Å². The van der Waals surface area contributed by atoms with E-state index in [0.29, 0.717) is 6.16 Å². The van der Waals surface area contributed by atoms with Crippen LogP contribution in [0.25, 0.3) is 0 Å². The van der Waals surface area contributed by atoms with Gasteiger partial charge in [-0.3, -0.25) is 4.57 Å². The van der Waals surface area contributed by atoms with Crippen molar-refractivity contribution < 1.29 is 9.46 Å². The van der Waals surface area contributed by atoms with Crippen LogP contribution in [0.5, 0.6) is 0 Å². The van der Waals surface area contributed by atoms with Crippen molar-refractivity contribution in [3.8, 4) is 0 Å². The SMILES string of the molecule is CCC[PH](=O)O.N. The van der Waals surface area contributed by atoms with Crippen LogP contribution in [0.2, 0.25) is 0 Å². The summed E-state index contributed by atoms with van der Waals surface area (Å²) in [6.45, 7) is 1.89. The van der Waals surface area contributed by atoms with E-state index in [2.05, 4.69) is 0 Å². The third-order valence-corrected chi connectivity index (χ3v) is 1.39. The molecule has 0 aliphatic carbocycles. The van der Waals surface area contributed by atoms with Gasteiger partial charge in [0.05, 0.1) is 0 Å². The molecule has 7 heavy (non-hydrogen) atoms. The molecule has 3 nitrogen and oxygen atoms in total. The van der Waals surface area contributed by atoms with Gasteiger partial charge in [0.15, 0.2) is 8.03 Å². The first-order chi connectivity index (χ1) is 2.77. The Bertz CT molecular complexity index is 56.9. The molecule has 0 saturated heterocycles. The molecule has 0 radical (unpaired) electrons. The predicted octanol–water partition coefficient (Wildman–Crippen LogP) is 1.03. The van der Waals surface area contributed by atoms with Gasteiger partial charge in [-0.25, -0.2) is 0 Å². The Balaban J connectivity index is 0. The van der Waals surface area contributed by atoms with Crippen molar-refractivity contribution >= 4 is 8.03 Å². The molecule has 4 N–H and O–H groups in total. The zero-order chi connectivity index (χ0) is 4.99. The minimum atomic E-state index is -2.14. The van der Waals surface area contributed by atoms with Gasteiger partial charge in [-0.05, 0) is 6.42 Å². The van der Waals surface area contributed by atoms with Gasteiger partial charge in [-0.1, -0.05) is 6.92 Å². The lowest BCUT2D eigenvalue weighted by atomic mass is 10.6. The highest BCUT2D eigenvalue weighted by Crippen LogP contribution is 2.12. The fourth-order valence-corrected chi connectivity index (χ4v) is 0.642. The Hall–Kier alpha value is 0.150. The summed E-state index contributed by atoms with van der Waals surface area (Å²) in [6, 6.07) is 0. The smallest absolute Gasteiger partial charge is 0.189 e. The molecule has 1 unspecified atom stereocenters. The largest absolute Gasteiger partial charge is 0.346 e. The van der Waals surface area contributed by atoms with Gasteiger partial charge >= 0.3 is 0 Å². The van der Waals surface area contributed by atoms with Crippen molar-refractivity contribution in [3.05, 3.63) is 0 Å². The zero-order valence-corrected chi connectivity index (χ0v) is 5.48. The highest BCUT2D eigenvalue weighted by atomic mass is 31.1. The van der Waals surface area contributed by atoms with Crippen molar-refractivity contribution in [1.29, 1.82) is 0 Å². The average molecular weight is 125 g/mol. The van der Waals surface area contributed by atoms with Crippen LogP contribution in [-0.4, -0.2) is 11.1 Å². The van der Waals surface area contributed by atoms with Crippen LogP contribution in [0, 0.1) is 0 Å². The molecule has 0 rings (SSSR count). The minimum Gasteiger partial charge on any atom is -0.346 e. The van der Waals surface area contributed by atoms with Gasteiger partial charge in [0.1, 0.15) is 0 Å². The fraction of sp³-hybridized carbons (Fsp3) is 1.00. The number of hydrogen-bond donors (Lipinski definition) is 2. The molecule has 0 aliphatic rings. The second-order valence-corrected chi connectivity index (χ2v) is 2.43. The lowest BCUT2D eigenvalue weighted by Crippen LogP contribution is -1.67. The highest BCUT2D eigenvalue weighted by Gasteiger charge is 1.83. The van der Waals surface area contributed by atoms with Gasteiger partial charge in [0, 0.05) is 6.16 Å². The summed E-state index contributed by atoms with van der Waals surface area (Å²) in [5.74, 6) is 0. The monoisotopic (exact) mass is 125 g/mol. The average Bonchev–Trinajstić information content (AvgIpc) is 1.35. The second kappa shape index (κ2) is 6.15. The molecule has 0 aromatic heterocycles. The summed E-state index contributed by atoms with van der Waals surface area (Å²) < 4.78 is 9.78. The van der Waals surface area contributed by atoms with Gasteiger partial charge in [0.25, 0.3) is 0 Å². The quantitative estimate of drug-likeness (QED) is 0.541.